The molecule has 5 nitrogen and oxygen atoms in total. The first-order valence-corrected chi connectivity index (χ1v) is 12.5. The number of nitrogens with zero attached hydrogens (tertiary/aromatic N) is 2. The van der Waals surface area contributed by atoms with Gasteiger partial charge in [-0.15, -0.1) is 11.8 Å². The van der Waals surface area contributed by atoms with E-state index in [1.54, 1.807) is 25.6 Å². The van der Waals surface area contributed by atoms with Crippen LogP contribution in [0.25, 0.3) is 10.2 Å². The van der Waals surface area contributed by atoms with Crippen LogP contribution in [0.5, 0.6) is 0 Å². The van der Waals surface area contributed by atoms with Gasteiger partial charge in [0, 0.05) is 17.0 Å². The maximum absolute atomic E-state index is 12.7. The van der Waals surface area contributed by atoms with Crippen LogP contribution in [0.2, 0.25) is 0 Å². The molecule has 0 atom stereocenters. The topological polar surface area (TPSA) is 68.5 Å². The molecule has 28 heavy (non-hydrogen) atoms. The number of sulfone groups is 1. The fraction of sp³-hybridized carbons (Fsp3) is 0.300. The number of hydrogen-bond acceptors (Lipinski definition) is 5. The molecule has 2 aromatic carbocycles. The van der Waals surface area contributed by atoms with Crippen molar-refractivity contribution < 1.29 is 13.2 Å². The van der Waals surface area contributed by atoms with E-state index in [0.717, 1.165) is 15.1 Å². The van der Waals surface area contributed by atoms with Gasteiger partial charge in [-0.3, -0.25) is 4.79 Å². The molecule has 1 heterocycles. The Morgan fingerprint density at radius 3 is 2.43 bits per heavy atom. The molecule has 0 unspecified atom stereocenters. The largest absolute Gasteiger partial charge is 0.317 e. The number of hydrogen-bond donors (Lipinski definition) is 0. The molecule has 1 aromatic heterocycles. The standard InChI is InChI=1S/C20H22N2O3S3/c1-5-22-17-11-8-15(26-4)12-18(17)27-20(22)21-19(23)14-6-9-16(10-7-14)28(24,25)13(2)3/h6-13H,5H2,1-4H3. The molecule has 1 amide bonds. The molecule has 0 spiro atoms. The highest BCUT2D eigenvalue weighted by Crippen LogP contribution is 2.24. The number of amides is 1. The van der Waals surface area contributed by atoms with E-state index < -0.39 is 15.1 Å². The number of thioether (sulfide) groups is 1. The van der Waals surface area contributed by atoms with Crippen LogP contribution in [0, 0.1) is 0 Å². The van der Waals surface area contributed by atoms with Crippen molar-refractivity contribution in [2.75, 3.05) is 6.26 Å². The normalized spacial score (nSPS) is 12.8. The molecule has 0 aliphatic heterocycles. The van der Waals surface area contributed by atoms with Crippen molar-refractivity contribution >= 4 is 49.1 Å². The second-order valence-electron chi connectivity index (χ2n) is 6.50. The first-order valence-electron chi connectivity index (χ1n) is 8.88. The number of thiazole rings is 1. The average Bonchev–Trinajstić information content (AvgIpc) is 3.03. The van der Waals surface area contributed by atoms with Gasteiger partial charge in [0.1, 0.15) is 0 Å². The molecule has 3 aromatic rings. The third-order valence-electron chi connectivity index (χ3n) is 4.45. The molecule has 0 saturated carbocycles. The van der Waals surface area contributed by atoms with Gasteiger partial charge in [0.15, 0.2) is 14.6 Å². The van der Waals surface area contributed by atoms with Gasteiger partial charge in [-0.25, -0.2) is 8.42 Å². The Kier molecular flexibility index (Phi) is 6.12. The van der Waals surface area contributed by atoms with Crippen molar-refractivity contribution in [1.29, 1.82) is 0 Å². The van der Waals surface area contributed by atoms with Crippen molar-refractivity contribution in [1.82, 2.24) is 4.57 Å². The molecule has 0 bridgehead atoms. The lowest BCUT2D eigenvalue weighted by molar-refractivity contribution is 0.0997. The lowest BCUT2D eigenvalue weighted by atomic mass is 10.2. The van der Waals surface area contributed by atoms with Crippen LogP contribution in [0.1, 0.15) is 31.1 Å². The third kappa shape index (κ3) is 3.94. The second kappa shape index (κ2) is 8.23. The average molecular weight is 435 g/mol. The van der Waals surface area contributed by atoms with Gasteiger partial charge in [0.05, 0.1) is 20.4 Å². The summed E-state index contributed by atoms with van der Waals surface area (Å²) in [6, 6.07) is 12.2. The van der Waals surface area contributed by atoms with Crippen LogP contribution in [-0.2, 0) is 16.4 Å². The maximum Gasteiger partial charge on any atom is 0.279 e. The van der Waals surface area contributed by atoms with Crippen LogP contribution < -0.4 is 4.80 Å². The van der Waals surface area contributed by atoms with Crippen LogP contribution in [0.15, 0.2) is 57.2 Å². The summed E-state index contributed by atoms with van der Waals surface area (Å²) in [7, 11) is -3.36. The highest BCUT2D eigenvalue weighted by atomic mass is 32.2. The van der Waals surface area contributed by atoms with Crippen molar-refractivity contribution in [3.8, 4) is 0 Å². The summed E-state index contributed by atoms with van der Waals surface area (Å²) in [6.07, 6.45) is 2.03. The molecule has 0 N–H and O–H groups in total. The number of rotatable bonds is 5. The number of fused-ring (bicyclic) bond motifs is 1. The van der Waals surface area contributed by atoms with Crippen molar-refractivity contribution in [3.05, 3.63) is 52.8 Å². The molecule has 148 valence electrons. The zero-order valence-electron chi connectivity index (χ0n) is 16.2. The van der Waals surface area contributed by atoms with Gasteiger partial charge >= 0.3 is 0 Å². The van der Waals surface area contributed by atoms with E-state index in [1.807, 2.05) is 17.7 Å². The predicted molar refractivity (Wildman–Crippen MR) is 116 cm³/mol. The minimum absolute atomic E-state index is 0.217. The van der Waals surface area contributed by atoms with Gasteiger partial charge in [0.2, 0.25) is 0 Å². The SMILES string of the molecule is CCn1c(=NC(=O)c2ccc(S(=O)(=O)C(C)C)cc2)sc2cc(SC)ccc21. The van der Waals surface area contributed by atoms with Gasteiger partial charge in [-0.1, -0.05) is 11.3 Å². The molecule has 0 radical (unpaired) electrons. The zero-order chi connectivity index (χ0) is 20.5. The Balaban J connectivity index is 2.01. The maximum atomic E-state index is 12.7. The van der Waals surface area contributed by atoms with Crippen LogP contribution in [0.4, 0.5) is 0 Å². The monoisotopic (exact) mass is 434 g/mol. The van der Waals surface area contributed by atoms with Gasteiger partial charge < -0.3 is 4.57 Å². The van der Waals surface area contributed by atoms with Gasteiger partial charge in [0.25, 0.3) is 5.91 Å². The number of aryl methyl sites for hydroxylation is 1. The van der Waals surface area contributed by atoms with Crippen LogP contribution >= 0.6 is 23.1 Å². The Labute approximate surface area is 173 Å². The van der Waals surface area contributed by atoms with E-state index in [2.05, 4.69) is 23.2 Å². The molecule has 0 saturated heterocycles. The summed E-state index contributed by atoms with van der Waals surface area (Å²) in [4.78, 5) is 19.0. The smallest absolute Gasteiger partial charge is 0.279 e. The fourth-order valence-electron chi connectivity index (χ4n) is 2.78. The highest BCUT2D eigenvalue weighted by molar-refractivity contribution is 7.98. The first kappa shape index (κ1) is 20.8. The van der Waals surface area contributed by atoms with E-state index in [-0.39, 0.29) is 10.8 Å². The lowest BCUT2D eigenvalue weighted by Crippen LogP contribution is -2.16. The summed E-state index contributed by atoms with van der Waals surface area (Å²) >= 11 is 3.15. The van der Waals surface area contributed by atoms with E-state index in [0.29, 0.717) is 16.9 Å². The van der Waals surface area contributed by atoms with E-state index in [1.165, 1.54) is 35.6 Å². The highest BCUT2D eigenvalue weighted by Gasteiger charge is 2.19. The summed E-state index contributed by atoms with van der Waals surface area (Å²) in [6.45, 7) is 5.99. The van der Waals surface area contributed by atoms with Crippen molar-refractivity contribution in [3.63, 3.8) is 0 Å². The van der Waals surface area contributed by atoms with Gasteiger partial charge in [-0.05, 0) is 69.5 Å². The third-order valence-corrected chi connectivity index (χ3v) is 8.39. The lowest BCUT2D eigenvalue weighted by Gasteiger charge is -2.07. The summed E-state index contributed by atoms with van der Waals surface area (Å²) < 4.78 is 27.6. The number of aromatic nitrogens is 1. The van der Waals surface area contributed by atoms with Crippen molar-refractivity contribution in [2.45, 2.75) is 42.4 Å². The molecule has 0 fully saturated rings. The Hall–Kier alpha value is -1.90. The Morgan fingerprint density at radius 1 is 1.18 bits per heavy atom. The fourth-order valence-corrected chi connectivity index (χ4v) is 5.49. The predicted octanol–water partition coefficient (Wildman–Crippen LogP) is 4.37. The summed E-state index contributed by atoms with van der Waals surface area (Å²) in [5.74, 6) is -0.382. The number of benzene rings is 2. The van der Waals surface area contributed by atoms with Gasteiger partial charge in [-0.2, -0.15) is 4.99 Å². The molecule has 0 aliphatic rings. The minimum Gasteiger partial charge on any atom is -0.317 e. The minimum atomic E-state index is -3.36. The van der Waals surface area contributed by atoms with E-state index in [9.17, 15) is 13.2 Å². The summed E-state index contributed by atoms with van der Waals surface area (Å²) in [5.41, 5.74) is 1.42. The number of carbonyl (C=O) groups excluding carboxylic acids is 1. The Bertz CT molecular complexity index is 1190. The van der Waals surface area contributed by atoms with Crippen LogP contribution in [0.3, 0.4) is 0 Å². The first-order chi connectivity index (χ1) is 13.3. The summed E-state index contributed by atoms with van der Waals surface area (Å²) in [5, 5.41) is -0.507. The molecule has 3 rings (SSSR count). The molecule has 8 heteroatoms. The molecular weight excluding hydrogens is 412 g/mol. The quantitative estimate of drug-likeness (QED) is 0.559. The zero-order valence-corrected chi connectivity index (χ0v) is 18.6. The molecule has 0 aliphatic carbocycles. The number of carbonyl (C=O) groups is 1. The Morgan fingerprint density at radius 2 is 1.86 bits per heavy atom. The van der Waals surface area contributed by atoms with E-state index in [4.69, 9.17) is 0 Å². The van der Waals surface area contributed by atoms with E-state index >= 15 is 0 Å². The van der Waals surface area contributed by atoms with Crippen LogP contribution in [-0.4, -0.2) is 30.4 Å². The molecular formula is C20H22N2O3S3. The second-order valence-corrected chi connectivity index (χ2v) is 10.9. The van der Waals surface area contributed by atoms with Crippen molar-refractivity contribution in [2.24, 2.45) is 4.99 Å².